The third kappa shape index (κ3) is 5.81. The molecule has 0 saturated carbocycles. The Morgan fingerprint density at radius 2 is 1.77 bits per heavy atom. The minimum atomic E-state index is -0.920. The summed E-state index contributed by atoms with van der Waals surface area (Å²) in [7, 11) is 1.61. The lowest BCUT2D eigenvalue weighted by Gasteiger charge is -2.24. The molecule has 35 heavy (non-hydrogen) atoms. The number of halogens is 2. The van der Waals surface area contributed by atoms with Gasteiger partial charge in [0.25, 0.3) is 5.91 Å². The van der Waals surface area contributed by atoms with Crippen LogP contribution in [0.4, 0.5) is 0 Å². The molecule has 0 aliphatic carbocycles. The second kappa shape index (κ2) is 10.9. The molecule has 1 aliphatic rings. The number of methoxy groups -OCH3 is 1. The van der Waals surface area contributed by atoms with Crippen LogP contribution in [0.2, 0.25) is 5.02 Å². The molecule has 1 aliphatic heterocycles. The number of carboxylic acids is 1. The lowest BCUT2D eigenvalue weighted by molar-refractivity contribution is -0.139. The summed E-state index contributed by atoms with van der Waals surface area (Å²) in [6.45, 7) is 0.641. The molecule has 0 bridgehead atoms. The summed E-state index contributed by atoms with van der Waals surface area (Å²) in [5.74, 6) is 0.0673. The molecule has 7 nitrogen and oxygen atoms in total. The van der Waals surface area contributed by atoms with Crippen molar-refractivity contribution in [2.75, 3.05) is 20.3 Å². The number of hydrogen-bond acceptors (Lipinski definition) is 5. The molecule has 0 spiro atoms. The van der Waals surface area contributed by atoms with Gasteiger partial charge in [-0.1, -0.05) is 23.7 Å². The quantitative estimate of drug-likeness (QED) is 0.374. The largest absolute Gasteiger partial charge is 0.497 e. The second-order valence-corrected chi connectivity index (χ2v) is 8.78. The predicted molar refractivity (Wildman–Crippen MR) is 132 cm³/mol. The van der Waals surface area contributed by atoms with Crippen molar-refractivity contribution in [2.45, 2.75) is 18.8 Å². The molecule has 4 rings (SSSR count). The van der Waals surface area contributed by atoms with Gasteiger partial charge in [-0.25, -0.2) is 0 Å². The van der Waals surface area contributed by atoms with Crippen LogP contribution < -0.4 is 14.2 Å². The van der Waals surface area contributed by atoms with Crippen molar-refractivity contribution in [1.82, 2.24) is 4.42 Å². The molecule has 0 fully saturated rings. The molecule has 1 unspecified atom stereocenters. The van der Waals surface area contributed by atoms with Crippen LogP contribution in [-0.4, -0.2) is 41.7 Å². The maximum atomic E-state index is 12.7. The average Bonchev–Trinajstić information content (AvgIpc) is 2.87. The number of carboxylic acid groups (broad SMARTS) is 1. The number of benzene rings is 3. The summed E-state index contributed by atoms with van der Waals surface area (Å²) in [5.41, 5.74) is 1.97. The summed E-state index contributed by atoms with van der Waals surface area (Å²) >= 11 is 12.6. The van der Waals surface area contributed by atoms with E-state index in [1.807, 2.05) is 24.3 Å². The predicted octanol–water partition coefficient (Wildman–Crippen LogP) is 5.93. The van der Waals surface area contributed by atoms with Gasteiger partial charge in [0.05, 0.1) is 24.7 Å². The maximum Gasteiger partial charge on any atom is 0.311 e. The number of amides is 1. The summed E-state index contributed by atoms with van der Waals surface area (Å²) in [6.07, 6.45) is 0.980. The first-order valence-corrected chi connectivity index (χ1v) is 11.6. The van der Waals surface area contributed by atoms with Gasteiger partial charge in [0.15, 0.2) is 0 Å². The molecular weight excluding hydrogens is 493 g/mol. The number of aliphatic carboxylic acids is 1. The molecule has 9 heteroatoms. The van der Waals surface area contributed by atoms with E-state index < -0.39 is 11.9 Å². The molecule has 0 radical (unpaired) electrons. The van der Waals surface area contributed by atoms with Crippen molar-refractivity contribution >= 4 is 35.3 Å². The fourth-order valence-electron chi connectivity index (χ4n) is 3.78. The molecule has 1 amide bonds. The Labute approximate surface area is 212 Å². The number of carbonyl (C=O) groups excluding carboxylic acids is 1. The Morgan fingerprint density at radius 3 is 2.43 bits per heavy atom. The molecule has 1 heterocycles. The van der Waals surface area contributed by atoms with E-state index >= 15 is 0 Å². The van der Waals surface area contributed by atoms with E-state index in [4.69, 9.17) is 37.6 Å². The first-order valence-electron chi connectivity index (χ1n) is 10.9. The van der Waals surface area contributed by atoms with Gasteiger partial charge in [0.2, 0.25) is 0 Å². The molecule has 0 saturated heterocycles. The number of rotatable bonds is 8. The number of ether oxygens (including phenoxy) is 3. The molecule has 1 N–H and O–H groups in total. The number of carbonyl (C=O) groups is 2. The van der Waals surface area contributed by atoms with Crippen molar-refractivity contribution in [3.05, 3.63) is 82.4 Å². The molecular formula is C26H23Cl2NO6. The maximum absolute atomic E-state index is 12.7. The highest BCUT2D eigenvalue weighted by Crippen LogP contribution is 2.41. The van der Waals surface area contributed by atoms with Crippen LogP contribution >= 0.6 is 23.4 Å². The smallest absolute Gasteiger partial charge is 0.311 e. The van der Waals surface area contributed by atoms with E-state index in [9.17, 15) is 14.7 Å². The van der Waals surface area contributed by atoms with Crippen molar-refractivity contribution in [3.8, 4) is 23.0 Å². The lowest BCUT2D eigenvalue weighted by atomic mass is 9.93. The van der Waals surface area contributed by atoms with Gasteiger partial charge in [-0.15, -0.1) is 0 Å². The monoisotopic (exact) mass is 515 g/mol. The minimum absolute atomic E-state index is 0.270. The lowest BCUT2D eigenvalue weighted by Crippen LogP contribution is -2.23. The van der Waals surface area contributed by atoms with Crippen molar-refractivity contribution in [3.63, 3.8) is 0 Å². The highest BCUT2D eigenvalue weighted by atomic mass is 35.5. The van der Waals surface area contributed by atoms with E-state index in [-0.39, 0.29) is 10.9 Å². The molecule has 182 valence electrons. The fourth-order valence-corrected chi connectivity index (χ4v) is 4.17. The third-order valence-corrected chi connectivity index (χ3v) is 6.33. The van der Waals surface area contributed by atoms with E-state index in [0.717, 1.165) is 15.7 Å². The second-order valence-electron chi connectivity index (χ2n) is 7.96. The fraction of sp³-hybridized carbons (Fsp3) is 0.231. The summed E-state index contributed by atoms with van der Waals surface area (Å²) < 4.78 is 17.8. The molecule has 0 aromatic heterocycles. The van der Waals surface area contributed by atoms with Gasteiger partial charge in [0.1, 0.15) is 23.0 Å². The van der Waals surface area contributed by atoms with Gasteiger partial charge in [-0.2, -0.15) is 0 Å². The van der Waals surface area contributed by atoms with Crippen LogP contribution in [-0.2, 0) is 11.2 Å². The number of nitrogens with zero attached hydrogens (tertiary/aromatic N) is 1. The van der Waals surface area contributed by atoms with Crippen molar-refractivity contribution in [1.29, 1.82) is 0 Å². The SMILES string of the molecule is COc1ccc(CCN(Cl)C(=O)c2ccc(Oc3cc4c(cc3Cl)C(C(=O)O)CCO4)cc2)cc1. The van der Waals surface area contributed by atoms with Crippen molar-refractivity contribution in [2.24, 2.45) is 0 Å². The van der Waals surface area contributed by atoms with Crippen molar-refractivity contribution < 1.29 is 28.9 Å². The topological polar surface area (TPSA) is 85.3 Å². The van der Waals surface area contributed by atoms with Crippen LogP contribution in [0.25, 0.3) is 0 Å². The van der Waals surface area contributed by atoms with Crippen LogP contribution in [0, 0.1) is 0 Å². The van der Waals surface area contributed by atoms with E-state index in [2.05, 4.69) is 0 Å². The highest BCUT2D eigenvalue weighted by Gasteiger charge is 2.29. The summed E-state index contributed by atoms with van der Waals surface area (Å²) in [5, 5.41) is 9.70. The van der Waals surface area contributed by atoms with Gasteiger partial charge in [0, 0.05) is 35.5 Å². The Kier molecular flexibility index (Phi) is 7.68. The van der Waals surface area contributed by atoms with Crippen LogP contribution in [0.5, 0.6) is 23.0 Å². The zero-order valence-corrected chi connectivity index (χ0v) is 20.4. The minimum Gasteiger partial charge on any atom is -0.497 e. The number of hydrogen-bond donors (Lipinski definition) is 1. The normalized spacial score (nSPS) is 14.4. The molecule has 3 aromatic carbocycles. The first-order chi connectivity index (χ1) is 16.9. The van der Waals surface area contributed by atoms with Crippen LogP contribution in [0.3, 0.4) is 0 Å². The third-order valence-electron chi connectivity index (χ3n) is 5.71. The molecule has 1 atom stereocenters. The standard InChI is InChI=1S/C26H23Cl2NO6/c1-33-18-6-2-16(3-7-18)10-12-29(28)25(30)17-4-8-19(9-5-17)35-24-15-23-21(14-22(24)27)20(26(31)32)11-13-34-23/h2-9,14-15,20H,10-13H2,1H3,(H,31,32). The average molecular weight is 516 g/mol. The van der Waals surface area contributed by atoms with Gasteiger partial charge >= 0.3 is 5.97 Å². The van der Waals surface area contributed by atoms with E-state index in [1.54, 1.807) is 43.5 Å². The summed E-state index contributed by atoms with van der Waals surface area (Å²) in [4.78, 5) is 24.2. The molecule has 3 aromatic rings. The Bertz CT molecular complexity index is 1210. The Morgan fingerprint density at radius 1 is 1.09 bits per heavy atom. The number of fused-ring (bicyclic) bond motifs is 1. The first kappa shape index (κ1) is 24.7. The van der Waals surface area contributed by atoms with E-state index in [1.165, 1.54) is 0 Å². The Balaban J connectivity index is 1.39. The zero-order valence-electron chi connectivity index (χ0n) is 18.9. The highest BCUT2D eigenvalue weighted by molar-refractivity contribution is 6.32. The summed E-state index contributed by atoms with van der Waals surface area (Å²) in [6, 6.07) is 17.2. The zero-order chi connectivity index (χ0) is 24.9. The van der Waals surface area contributed by atoms with Gasteiger partial charge < -0.3 is 19.3 Å². The van der Waals surface area contributed by atoms with E-state index in [0.29, 0.717) is 54.4 Å². The van der Waals surface area contributed by atoms with Crippen LogP contribution in [0.1, 0.15) is 33.8 Å². The van der Waals surface area contributed by atoms with Gasteiger partial charge in [-0.05, 0) is 60.9 Å². The Hall–Kier alpha value is -3.42. The van der Waals surface area contributed by atoms with Gasteiger partial charge in [-0.3, -0.25) is 14.0 Å². The van der Waals surface area contributed by atoms with Crippen LogP contribution in [0.15, 0.2) is 60.7 Å².